The lowest BCUT2D eigenvalue weighted by Gasteiger charge is -2.22. The second-order valence-electron chi connectivity index (χ2n) is 6.04. The van der Waals surface area contributed by atoms with Gasteiger partial charge in [-0.25, -0.2) is 4.98 Å². The van der Waals surface area contributed by atoms with Crippen molar-refractivity contribution in [3.63, 3.8) is 0 Å². The molecule has 2 aromatic rings. The lowest BCUT2D eigenvalue weighted by molar-refractivity contribution is 0.0711. The van der Waals surface area contributed by atoms with Crippen molar-refractivity contribution in [1.29, 1.82) is 0 Å². The van der Waals surface area contributed by atoms with Crippen molar-refractivity contribution in [2.75, 3.05) is 6.61 Å². The number of fused-ring (bicyclic) bond motifs is 1. The molecule has 0 spiro atoms. The number of nitrogens with one attached hydrogen (secondary N) is 1. The number of rotatable bonds is 4. The Balaban J connectivity index is 1.74. The molecule has 0 aromatic carbocycles. The average Bonchev–Trinajstić information content (AvgIpc) is 2.95. The van der Waals surface area contributed by atoms with E-state index >= 15 is 0 Å². The van der Waals surface area contributed by atoms with Gasteiger partial charge in [-0.05, 0) is 32.3 Å². The van der Waals surface area contributed by atoms with Crippen LogP contribution >= 0.6 is 11.3 Å². The molecule has 5 nitrogen and oxygen atoms in total. The van der Waals surface area contributed by atoms with Crippen LogP contribution in [0.2, 0.25) is 0 Å². The number of aryl methyl sites for hydroxylation is 2. The highest BCUT2D eigenvalue weighted by atomic mass is 32.1. The Morgan fingerprint density at radius 2 is 2.10 bits per heavy atom. The fourth-order valence-electron chi connectivity index (χ4n) is 2.94. The zero-order valence-corrected chi connectivity index (χ0v) is 13.3. The molecule has 1 fully saturated rings. The molecule has 1 aliphatic rings. The monoisotopic (exact) mass is 307 g/mol. The Bertz CT molecular complexity index is 714. The smallest absolute Gasteiger partial charge is 0.259 e. The first-order valence-corrected chi connectivity index (χ1v) is 8.16. The van der Waals surface area contributed by atoms with Gasteiger partial charge in [0, 0.05) is 10.4 Å². The van der Waals surface area contributed by atoms with Crippen LogP contribution in [0.5, 0.6) is 0 Å². The van der Waals surface area contributed by atoms with Crippen LogP contribution in [-0.2, 0) is 11.3 Å². The number of H-pyrrole nitrogens is 1. The van der Waals surface area contributed by atoms with E-state index in [2.05, 4.69) is 9.97 Å². The van der Waals surface area contributed by atoms with Crippen molar-refractivity contribution < 1.29 is 4.74 Å². The lowest BCUT2D eigenvalue weighted by atomic mass is 10.0. The minimum absolute atomic E-state index is 0.0798. The van der Waals surface area contributed by atoms with E-state index < -0.39 is 0 Å². The normalized spacial score (nSPS) is 17.7. The zero-order valence-electron chi connectivity index (χ0n) is 12.5. The minimum atomic E-state index is -0.194. The summed E-state index contributed by atoms with van der Waals surface area (Å²) in [6.07, 6.45) is 4.38. The SMILES string of the molecule is Cc1sc2nc(COCC3(N)CCCC3)[nH]c(=O)c2c1C. The second-order valence-corrected chi connectivity index (χ2v) is 7.24. The Morgan fingerprint density at radius 1 is 1.38 bits per heavy atom. The molecule has 0 radical (unpaired) electrons. The van der Waals surface area contributed by atoms with Gasteiger partial charge in [0.2, 0.25) is 0 Å². The van der Waals surface area contributed by atoms with E-state index in [4.69, 9.17) is 10.5 Å². The molecule has 0 aliphatic heterocycles. The van der Waals surface area contributed by atoms with Crippen LogP contribution < -0.4 is 11.3 Å². The molecule has 3 N–H and O–H groups in total. The first-order chi connectivity index (χ1) is 9.98. The summed E-state index contributed by atoms with van der Waals surface area (Å²) in [7, 11) is 0. The van der Waals surface area contributed by atoms with Crippen molar-refractivity contribution in [3.05, 3.63) is 26.6 Å². The van der Waals surface area contributed by atoms with Gasteiger partial charge >= 0.3 is 0 Å². The summed E-state index contributed by atoms with van der Waals surface area (Å²) in [6, 6.07) is 0. The molecule has 21 heavy (non-hydrogen) atoms. The number of thiophene rings is 1. The van der Waals surface area contributed by atoms with E-state index in [1.165, 1.54) is 12.8 Å². The van der Waals surface area contributed by atoms with Crippen molar-refractivity contribution in [3.8, 4) is 0 Å². The molecule has 0 saturated heterocycles. The number of ether oxygens (including phenoxy) is 1. The average molecular weight is 307 g/mol. The van der Waals surface area contributed by atoms with E-state index in [0.29, 0.717) is 24.4 Å². The summed E-state index contributed by atoms with van der Waals surface area (Å²) >= 11 is 1.55. The second kappa shape index (κ2) is 5.51. The molecule has 1 saturated carbocycles. The molecule has 0 amide bonds. The maximum absolute atomic E-state index is 12.1. The van der Waals surface area contributed by atoms with Gasteiger partial charge in [0.15, 0.2) is 0 Å². The predicted molar refractivity (Wildman–Crippen MR) is 84.8 cm³/mol. The fourth-order valence-corrected chi connectivity index (χ4v) is 3.99. The highest BCUT2D eigenvalue weighted by Crippen LogP contribution is 2.28. The Morgan fingerprint density at radius 3 is 2.81 bits per heavy atom. The number of hydrogen-bond acceptors (Lipinski definition) is 5. The highest BCUT2D eigenvalue weighted by molar-refractivity contribution is 7.18. The topological polar surface area (TPSA) is 81.0 Å². The maximum atomic E-state index is 12.1. The summed E-state index contributed by atoms with van der Waals surface area (Å²) in [5, 5.41) is 0.701. The fraction of sp³-hybridized carbons (Fsp3) is 0.600. The van der Waals surface area contributed by atoms with E-state index in [9.17, 15) is 4.79 Å². The molecular weight excluding hydrogens is 286 g/mol. The van der Waals surface area contributed by atoms with Crippen LogP contribution in [0.4, 0.5) is 0 Å². The molecule has 2 aromatic heterocycles. The van der Waals surface area contributed by atoms with Crippen LogP contribution in [-0.4, -0.2) is 22.1 Å². The third-order valence-corrected chi connectivity index (χ3v) is 5.42. The van der Waals surface area contributed by atoms with Gasteiger partial charge in [-0.15, -0.1) is 11.3 Å². The summed E-state index contributed by atoms with van der Waals surface area (Å²) in [5.74, 6) is 0.579. The molecule has 0 atom stereocenters. The summed E-state index contributed by atoms with van der Waals surface area (Å²) in [6.45, 7) is 4.80. The minimum Gasteiger partial charge on any atom is -0.372 e. The van der Waals surface area contributed by atoms with Gasteiger partial charge in [-0.1, -0.05) is 12.8 Å². The van der Waals surface area contributed by atoms with Gasteiger partial charge in [-0.2, -0.15) is 0 Å². The Labute approximate surface area is 127 Å². The Kier molecular flexibility index (Phi) is 3.86. The van der Waals surface area contributed by atoms with Crippen LogP contribution in [0.1, 0.15) is 41.9 Å². The Hall–Kier alpha value is -1.24. The number of hydrogen-bond donors (Lipinski definition) is 2. The third kappa shape index (κ3) is 2.88. The number of nitrogens with two attached hydrogens (primary N) is 1. The largest absolute Gasteiger partial charge is 0.372 e. The number of aromatic amines is 1. The molecule has 2 heterocycles. The number of aromatic nitrogens is 2. The molecule has 3 rings (SSSR count). The van der Waals surface area contributed by atoms with E-state index in [1.807, 2.05) is 13.8 Å². The standard InChI is InChI=1S/C15H21N3O2S/c1-9-10(2)21-14-12(9)13(19)17-11(18-14)7-20-8-15(16)5-3-4-6-15/h3-8,16H2,1-2H3,(H,17,18,19). The molecular formula is C15H21N3O2S. The van der Waals surface area contributed by atoms with E-state index in [0.717, 1.165) is 28.1 Å². The first-order valence-electron chi connectivity index (χ1n) is 7.34. The number of nitrogens with zero attached hydrogens (tertiary/aromatic N) is 1. The summed E-state index contributed by atoms with van der Waals surface area (Å²) < 4.78 is 5.69. The zero-order chi connectivity index (χ0) is 15.0. The van der Waals surface area contributed by atoms with Crippen molar-refractivity contribution in [2.45, 2.75) is 51.7 Å². The van der Waals surface area contributed by atoms with Gasteiger partial charge in [0.25, 0.3) is 5.56 Å². The lowest BCUT2D eigenvalue weighted by Crippen LogP contribution is -2.41. The van der Waals surface area contributed by atoms with Crippen LogP contribution in [0.15, 0.2) is 4.79 Å². The van der Waals surface area contributed by atoms with Crippen LogP contribution in [0.25, 0.3) is 10.2 Å². The first kappa shape index (κ1) is 14.7. The van der Waals surface area contributed by atoms with Crippen molar-refractivity contribution >= 4 is 21.6 Å². The van der Waals surface area contributed by atoms with E-state index in [1.54, 1.807) is 11.3 Å². The molecule has 1 aliphatic carbocycles. The molecule has 0 unspecified atom stereocenters. The molecule has 114 valence electrons. The van der Waals surface area contributed by atoms with E-state index in [-0.39, 0.29) is 11.1 Å². The van der Waals surface area contributed by atoms with Gasteiger partial charge in [0.05, 0.1) is 12.0 Å². The van der Waals surface area contributed by atoms with Crippen LogP contribution in [0.3, 0.4) is 0 Å². The third-order valence-electron chi connectivity index (χ3n) is 4.32. The summed E-state index contributed by atoms with van der Waals surface area (Å²) in [5.41, 5.74) is 6.99. The molecule has 6 heteroatoms. The maximum Gasteiger partial charge on any atom is 0.259 e. The highest BCUT2D eigenvalue weighted by Gasteiger charge is 2.29. The van der Waals surface area contributed by atoms with Crippen molar-refractivity contribution in [2.24, 2.45) is 5.73 Å². The van der Waals surface area contributed by atoms with Crippen molar-refractivity contribution in [1.82, 2.24) is 9.97 Å². The van der Waals surface area contributed by atoms with Crippen LogP contribution in [0, 0.1) is 13.8 Å². The van der Waals surface area contributed by atoms with Gasteiger partial charge in [-0.3, -0.25) is 4.79 Å². The predicted octanol–water partition coefficient (Wildman–Crippen LogP) is 2.39. The van der Waals surface area contributed by atoms with Gasteiger partial charge < -0.3 is 15.5 Å². The quantitative estimate of drug-likeness (QED) is 0.908. The summed E-state index contributed by atoms with van der Waals surface area (Å²) in [4.78, 5) is 21.4. The molecule has 0 bridgehead atoms. The van der Waals surface area contributed by atoms with Gasteiger partial charge in [0.1, 0.15) is 17.3 Å².